The van der Waals surface area contributed by atoms with Crippen molar-refractivity contribution in [3.05, 3.63) is 24.3 Å². The molecule has 0 radical (unpaired) electrons. The molecule has 528 valence electrons. The highest BCUT2D eigenvalue weighted by molar-refractivity contribution is 5.76. The van der Waals surface area contributed by atoms with E-state index in [0.717, 1.165) is 44.9 Å². The number of rotatable bonds is 78. The third-order valence-electron chi connectivity index (χ3n) is 19.5. The number of aliphatic hydroxyl groups excluding tert-OH is 2. The maximum absolute atomic E-state index is 12.6. The van der Waals surface area contributed by atoms with Crippen LogP contribution in [0.4, 0.5) is 0 Å². The van der Waals surface area contributed by atoms with E-state index in [4.69, 9.17) is 4.74 Å². The highest BCUT2D eigenvalue weighted by atomic mass is 16.5. The second-order valence-electron chi connectivity index (χ2n) is 28.5. The number of hydrogen-bond acceptors (Lipinski definition) is 5. The van der Waals surface area contributed by atoms with Crippen molar-refractivity contribution in [1.82, 2.24) is 5.32 Å². The number of aliphatic hydroxyl groups is 2. The maximum Gasteiger partial charge on any atom is 0.305 e. The fourth-order valence-electron chi connectivity index (χ4n) is 13.3. The highest BCUT2D eigenvalue weighted by Crippen LogP contribution is 2.21. The lowest BCUT2D eigenvalue weighted by molar-refractivity contribution is -0.143. The van der Waals surface area contributed by atoms with Gasteiger partial charge in [-0.05, 0) is 57.8 Å². The lowest BCUT2D eigenvalue weighted by Gasteiger charge is -2.22. The van der Waals surface area contributed by atoms with Gasteiger partial charge in [-0.1, -0.05) is 423 Å². The third kappa shape index (κ3) is 75.3. The normalized spacial score (nSPS) is 12.5. The van der Waals surface area contributed by atoms with Gasteiger partial charge in [0.15, 0.2) is 0 Å². The monoisotopic (exact) mass is 1250 g/mol. The summed E-state index contributed by atoms with van der Waals surface area (Å²) in [5.74, 6) is -0.00629. The third-order valence-corrected chi connectivity index (χ3v) is 19.5. The van der Waals surface area contributed by atoms with Crippen LogP contribution in [0.15, 0.2) is 24.3 Å². The molecule has 2 atom stereocenters. The molecule has 6 heteroatoms. The Morgan fingerprint density at radius 1 is 0.315 bits per heavy atom. The summed E-state index contributed by atoms with van der Waals surface area (Å²) in [6, 6.07) is -0.539. The van der Waals surface area contributed by atoms with Crippen LogP contribution in [-0.4, -0.2) is 47.4 Å². The number of carbonyl (C=O) groups is 2. The molecule has 0 rings (SSSR count). The van der Waals surface area contributed by atoms with E-state index < -0.39 is 12.1 Å². The van der Waals surface area contributed by atoms with Crippen molar-refractivity contribution in [2.75, 3.05) is 13.2 Å². The van der Waals surface area contributed by atoms with Gasteiger partial charge in [0.05, 0.1) is 25.4 Å². The first-order valence-corrected chi connectivity index (χ1v) is 41.1. The van der Waals surface area contributed by atoms with Crippen LogP contribution in [-0.2, 0) is 14.3 Å². The van der Waals surface area contributed by atoms with E-state index in [-0.39, 0.29) is 18.5 Å². The van der Waals surface area contributed by atoms with E-state index in [2.05, 4.69) is 43.5 Å². The number of amides is 1. The topological polar surface area (TPSA) is 95.9 Å². The number of carbonyl (C=O) groups excluding carboxylic acids is 2. The molecule has 1 amide bonds. The van der Waals surface area contributed by atoms with Gasteiger partial charge in [-0.2, -0.15) is 0 Å². The van der Waals surface area contributed by atoms with Gasteiger partial charge in [0.1, 0.15) is 0 Å². The summed E-state index contributed by atoms with van der Waals surface area (Å²) in [6.45, 7) is 4.98. The molecule has 0 spiro atoms. The zero-order valence-electron chi connectivity index (χ0n) is 60.7. The molecule has 6 nitrogen and oxygen atoms in total. The van der Waals surface area contributed by atoms with Crippen molar-refractivity contribution in [3.8, 4) is 0 Å². The number of hydrogen-bond donors (Lipinski definition) is 3. The smallest absolute Gasteiger partial charge is 0.305 e. The maximum atomic E-state index is 12.6. The van der Waals surface area contributed by atoms with Gasteiger partial charge in [-0.25, -0.2) is 0 Å². The number of ether oxygens (including phenoxy) is 1. The van der Waals surface area contributed by atoms with Crippen LogP contribution in [0.2, 0.25) is 0 Å². The second-order valence-corrected chi connectivity index (χ2v) is 28.5. The minimum absolute atomic E-state index is 0.0186. The second kappa shape index (κ2) is 78.8. The van der Waals surface area contributed by atoms with E-state index >= 15 is 0 Å². The molecule has 0 aliphatic carbocycles. The zero-order valence-corrected chi connectivity index (χ0v) is 60.7. The van der Waals surface area contributed by atoms with Crippen LogP contribution in [0, 0.1) is 0 Å². The van der Waals surface area contributed by atoms with Crippen molar-refractivity contribution in [2.24, 2.45) is 0 Å². The van der Waals surface area contributed by atoms with Gasteiger partial charge >= 0.3 is 5.97 Å². The minimum atomic E-state index is -0.662. The van der Waals surface area contributed by atoms with Gasteiger partial charge in [-0.3, -0.25) is 9.59 Å². The predicted octanol–water partition coefficient (Wildman–Crippen LogP) is 27.2. The Bertz CT molecular complexity index is 1400. The van der Waals surface area contributed by atoms with Crippen LogP contribution < -0.4 is 5.32 Å². The molecule has 0 saturated carbocycles. The van der Waals surface area contributed by atoms with Crippen molar-refractivity contribution >= 4 is 11.9 Å². The lowest BCUT2D eigenvalue weighted by atomic mass is 10.0. The lowest BCUT2D eigenvalue weighted by Crippen LogP contribution is -2.45. The Morgan fingerprint density at radius 2 is 0.562 bits per heavy atom. The number of unbranched alkanes of at least 4 members (excludes halogenated alkanes) is 63. The zero-order chi connectivity index (χ0) is 64.2. The van der Waals surface area contributed by atoms with E-state index in [9.17, 15) is 19.8 Å². The highest BCUT2D eigenvalue weighted by Gasteiger charge is 2.20. The van der Waals surface area contributed by atoms with Crippen LogP contribution in [0.1, 0.15) is 470 Å². The molecule has 0 bridgehead atoms. The molecule has 0 fully saturated rings. The summed E-state index contributed by atoms with van der Waals surface area (Å²) in [6.07, 6.45) is 101. The van der Waals surface area contributed by atoms with Gasteiger partial charge in [0.2, 0.25) is 5.91 Å². The molecule has 0 aromatic rings. The molecule has 3 N–H and O–H groups in total. The van der Waals surface area contributed by atoms with Crippen LogP contribution >= 0.6 is 0 Å². The Labute approximate surface area is 558 Å². The van der Waals surface area contributed by atoms with E-state index in [1.165, 1.54) is 392 Å². The fourth-order valence-corrected chi connectivity index (χ4v) is 13.3. The van der Waals surface area contributed by atoms with E-state index in [1.807, 2.05) is 0 Å². The molecule has 0 aromatic heterocycles. The average Bonchev–Trinajstić information content (AvgIpc) is 3.60. The van der Waals surface area contributed by atoms with E-state index in [0.29, 0.717) is 25.9 Å². The summed E-state index contributed by atoms with van der Waals surface area (Å²) in [4.78, 5) is 24.7. The summed E-state index contributed by atoms with van der Waals surface area (Å²) in [7, 11) is 0. The molecule has 0 heterocycles. The molecule has 0 saturated heterocycles. The number of allylic oxidation sites excluding steroid dienone is 4. The van der Waals surface area contributed by atoms with Gasteiger partial charge in [0, 0.05) is 12.8 Å². The molecule has 0 aliphatic rings. The van der Waals surface area contributed by atoms with Crippen molar-refractivity contribution < 1.29 is 24.5 Å². The number of esters is 1. The Morgan fingerprint density at radius 3 is 0.876 bits per heavy atom. The first-order valence-electron chi connectivity index (χ1n) is 41.1. The summed E-state index contributed by atoms with van der Waals surface area (Å²) in [5.41, 5.74) is 0. The summed E-state index contributed by atoms with van der Waals surface area (Å²) >= 11 is 0. The van der Waals surface area contributed by atoms with Crippen molar-refractivity contribution in [1.29, 1.82) is 0 Å². The first kappa shape index (κ1) is 87.3. The average molecular weight is 1250 g/mol. The van der Waals surface area contributed by atoms with Crippen LogP contribution in [0.25, 0.3) is 0 Å². The Hall–Kier alpha value is -1.66. The predicted molar refractivity (Wildman–Crippen MR) is 393 cm³/mol. The van der Waals surface area contributed by atoms with Crippen LogP contribution in [0.5, 0.6) is 0 Å². The van der Waals surface area contributed by atoms with E-state index in [1.54, 1.807) is 0 Å². The fraction of sp³-hybridized carbons (Fsp3) is 0.928. The SMILES string of the molecule is CCCCC/C=C\C/C=C\CCCCCCCCCCCC(=O)OCCCCCCCCCCCCCCCCCCCCCCCCCCCCCCCCCCC(=O)NC(CO)C(O)CCCCCCCCCCCCCCCCCCCCCCC. The van der Waals surface area contributed by atoms with Gasteiger partial charge in [-0.15, -0.1) is 0 Å². The molecule has 0 aliphatic heterocycles. The quantitative estimate of drug-likeness (QED) is 0.0320. The Kier molecular flexibility index (Phi) is 77.3. The minimum Gasteiger partial charge on any atom is -0.466 e. The molecule has 89 heavy (non-hydrogen) atoms. The number of nitrogens with one attached hydrogen (secondary N) is 1. The van der Waals surface area contributed by atoms with Crippen LogP contribution in [0.3, 0.4) is 0 Å². The summed E-state index contributed by atoms with van der Waals surface area (Å²) < 4.78 is 5.52. The van der Waals surface area contributed by atoms with Crippen molar-refractivity contribution in [3.63, 3.8) is 0 Å². The Balaban J connectivity index is 3.32. The largest absolute Gasteiger partial charge is 0.466 e. The molecular weight excluding hydrogens is 1090 g/mol. The molecule has 2 unspecified atom stereocenters. The van der Waals surface area contributed by atoms with Gasteiger partial charge < -0.3 is 20.3 Å². The first-order chi connectivity index (χ1) is 44.0. The van der Waals surface area contributed by atoms with Crippen molar-refractivity contribution in [2.45, 2.75) is 482 Å². The van der Waals surface area contributed by atoms with Gasteiger partial charge in [0.25, 0.3) is 0 Å². The summed E-state index contributed by atoms with van der Waals surface area (Å²) in [5, 5.41) is 23.5. The molecule has 0 aromatic carbocycles. The standard InChI is InChI=1S/C83H161NO5/c1-3-5-7-9-11-13-15-17-19-21-23-36-40-43-47-51-55-59-63-67-71-75-81(86)80(79-85)84-82(87)76-72-68-64-60-56-52-48-44-41-37-34-32-30-28-26-24-25-27-29-31-33-35-38-42-46-50-54-58-62-66-70-74-78-89-83(88)77-73-69-65-61-57-53-49-45-39-22-20-18-16-14-12-10-8-6-4-2/h12,14,18,20,80-81,85-86H,3-11,13,15-17,19,21-79H2,1-2H3,(H,84,87)/b14-12-,20-18-. The molecular formula is C83H161NO5.